The first-order valence-electron chi connectivity index (χ1n) is 8.39. The number of pyridine rings is 1. The second-order valence-corrected chi connectivity index (χ2v) is 6.47. The highest BCUT2D eigenvalue weighted by atomic mass is 16.3. The quantitative estimate of drug-likeness (QED) is 0.810. The molecule has 0 bridgehead atoms. The summed E-state index contributed by atoms with van der Waals surface area (Å²) in [6.07, 6.45) is 2.95. The van der Waals surface area contributed by atoms with Crippen molar-refractivity contribution >= 4 is 23.0 Å². The maximum atomic E-state index is 13.0. The Hall–Kier alpha value is -3.28. The van der Waals surface area contributed by atoms with Crippen molar-refractivity contribution in [2.75, 3.05) is 5.32 Å². The summed E-state index contributed by atoms with van der Waals surface area (Å²) in [6, 6.07) is 6.16. The molecule has 2 aliphatic rings. The molecule has 2 aromatic rings. The fraction of sp³-hybridized carbons (Fsp3) is 0.200. The highest BCUT2D eigenvalue weighted by molar-refractivity contribution is 6.28. The molecule has 0 aliphatic heterocycles. The summed E-state index contributed by atoms with van der Waals surface area (Å²) in [5, 5.41) is 12.3. The van der Waals surface area contributed by atoms with Crippen LogP contribution in [-0.2, 0) is 6.42 Å². The van der Waals surface area contributed by atoms with Crippen LogP contribution in [0.1, 0.15) is 55.3 Å². The van der Waals surface area contributed by atoms with Crippen molar-refractivity contribution in [3.05, 3.63) is 64.1 Å². The number of Topliss-reactive ketones (excluding diaryl/α,β-unsaturated/α-hetero) is 2. The fourth-order valence-electron chi connectivity index (χ4n) is 3.51. The smallest absolute Gasteiger partial charge is 0.211 e. The molecule has 0 atom stereocenters. The number of nitrogens with zero attached hydrogens (tertiary/aromatic N) is 1. The van der Waals surface area contributed by atoms with Gasteiger partial charge in [0.05, 0.1) is 22.5 Å². The van der Waals surface area contributed by atoms with E-state index in [1.54, 1.807) is 19.1 Å². The molecule has 2 aliphatic carbocycles. The number of phenols is 1. The van der Waals surface area contributed by atoms with Crippen molar-refractivity contribution in [3.63, 3.8) is 0 Å². The van der Waals surface area contributed by atoms with Gasteiger partial charge in [0.1, 0.15) is 5.75 Å². The number of allylic oxidation sites excluding steroid dienone is 2. The van der Waals surface area contributed by atoms with Crippen LogP contribution in [0.25, 0.3) is 0 Å². The molecular formula is C20H16N2O4. The van der Waals surface area contributed by atoms with Crippen LogP contribution in [0.15, 0.2) is 36.0 Å². The number of hydrogen-bond donors (Lipinski definition) is 2. The van der Waals surface area contributed by atoms with Gasteiger partial charge in [-0.05, 0) is 44.0 Å². The summed E-state index contributed by atoms with van der Waals surface area (Å²) in [4.78, 5) is 42.5. The molecule has 26 heavy (non-hydrogen) atoms. The molecular weight excluding hydrogens is 332 g/mol. The van der Waals surface area contributed by atoms with Gasteiger partial charge in [-0.15, -0.1) is 0 Å². The van der Waals surface area contributed by atoms with E-state index in [1.807, 2.05) is 0 Å². The lowest BCUT2D eigenvalue weighted by Gasteiger charge is -2.24. The number of benzene rings is 1. The summed E-state index contributed by atoms with van der Waals surface area (Å²) in [7, 11) is 0. The van der Waals surface area contributed by atoms with Crippen molar-refractivity contribution < 1.29 is 19.5 Å². The highest BCUT2D eigenvalue weighted by Crippen LogP contribution is 2.32. The lowest BCUT2D eigenvalue weighted by Crippen LogP contribution is -2.28. The van der Waals surface area contributed by atoms with Gasteiger partial charge in [0.25, 0.3) is 0 Å². The molecule has 0 amide bonds. The molecule has 4 rings (SSSR count). The van der Waals surface area contributed by atoms with E-state index in [9.17, 15) is 19.5 Å². The van der Waals surface area contributed by atoms with Gasteiger partial charge in [0, 0.05) is 29.4 Å². The van der Waals surface area contributed by atoms with Gasteiger partial charge in [-0.25, -0.2) is 0 Å². The van der Waals surface area contributed by atoms with Crippen molar-refractivity contribution in [3.8, 4) is 5.75 Å². The Morgan fingerprint density at radius 1 is 1.00 bits per heavy atom. The first-order chi connectivity index (χ1) is 12.5. The normalized spacial score (nSPS) is 16.0. The van der Waals surface area contributed by atoms with Crippen LogP contribution >= 0.6 is 0 Å². The molecule has 6 heteroatoms. The average Bonchev–Trinajstić information content (AvgIpc) is 2.60. The number of hydrogen-bond acceptors (Lipinski definition) is 6. The van der Waals surface area contributed by atoms with Crippen molar-refractivity contribution in [2.45, 2.75) is 26.2 Å². The summed E-state index contributed by atoms with van der Waals surface area (Å²) in [5.41, 5.74) is 2.48. The number of aromatic nitrogens is 1. The number of aromatic hydroxyl groups is 1. The molecule has 1 aromatic carbocycles. The number of nitrogens with one attached hydrogen (secondary N) is 1. The Labute approximate surface area is 149 Å². The van der Waals surface area contributed by atoms with E-state index in [0.717, 1.165) is 0 Å². The van der Waals surface area contributed by atoms with Crippen LogP contribution in [0, 0.1) is 6.92 Å². The lowest BCUT2D eigenvalue weighted by atomic mass is 9.82. The summed E-state index contributed by atoms with van der Waals surface area (Å²) in [5.74, 6) is -0.748. The third-order valence-corrected chi connectivity index (χ3v) is 4.69. The first kappa shape index (κ1) is 16.2. The van der Waals surface area contributed by atoms with Crippen molar-refractivity contribution in [2.24, 2.45) is 0 Å². The zero-order chi connectivity index (χ0) is 18.4. The van der Waals surface area contributed by atoms with E-state index >= 15 is 0 Å². The van der Waals surface area contributed by atoms with Gasteiger partial charge in [0.15, 0.2) is 11.6 Å². The molecule has 0 saturated heterocycles. The summed E-state index contributed by atoms with van der Waals surface area (Å²) >= 11 is 0. The van der Waals surface area contributed by atoms with Gasteiger partial charge < -0.3 is 10.4 Å². The Balaban J connectivity index is 1.80. The Bertz CT molecular complexity index is 1000. The number of aryl methyl sites for hydroxylation is 2. The maximum absolute atomic E-state index is 13.0. The van der Waals surface area contributed by atoms with Crippen LogP contribution in [0.5, 0.6) is 5.75 Å². The van der Waals surface area contributed by atoms with E-state index < -0.39 is 0 Å². The Morgan fingerprint density at radius 3 is 2.46 bits per heavy atom. The molecule has 0 saturated carbocycles. The van der Waals surface area contributed by atoms with E-state index in [4.69, 9.17) is 0 Å². The first-order valence-corrected chi connectivity index (χ1v) is 8.39. The number of anilines is 1. The van der Waals surface area contributed by atoms with E-state index in [-0.39, 0.29) is 39.9 Å². The Kier molecular flexibility index (Phi) is 3.68. The van der Waals surface area contributed by atoms with Crippen LogP contribution in [0.4, 0.5) is 5.69 Å². The van der Waals surface area contributed by atoms with Crippen LogP contribution < -0.4 is 5.32 Å². The maximum Gasteiger partial charge on any atom is 0.211 e. The number of rotatable bonds is 2. The second kappa shape index (κ2) is 5.91. The monoisotopic (exact) mass is 348 g/mol. The lowest BCUT2D eigenvalue weighted by molar-refractivity contribution is 0.0951. The zero-order valence-corrected chi connectivity index (χ0v) is 14.1. The zero-order valence-electron chi connectivity index (χ0n) is 14.1. The summed E-state index contributed by atoms with van der Waals surface area (Å²) < 4.78 is 0. The largest absolute Gasteiger partial charge is 0.508 e. The SMILES string of the molecule is Cc1nc2c(c3c1C(=O)C(Nc1ccc(O)cc1)=CC3=O)C(=O)CCC2. The van der Waals surface area contributed by atoms with Gasteiger partial charge in [0.2, 0.25) is 5.78 Å². The Morgan fingerprint density at radius 2 is 1.73 bits per heavy atom. The van der Waals surface area contributed by atoms with E-state index in [2.05, 4.69) is 10.3 Å². The molecule has 0 radical (unpaired) electrons. The minimum Gasteiger partial charge on any atom is -0.508 e. The molecule has 130 valence electrons. The second-order valence-electron chi connectivity index (χ2n) is 6.47. The molecule has 1 aromatic heterocycles. The number of phenolic OH excluding ortho intramolecular Hbond substituents is 1. The standard InChI is InChI=1S/C20H16N2O4/c1-10-17-19(18-13(21-10)3-2-4-15(18)24)16(25)9-14(20(17)26)22-11-5-7-12(23)8-6-11/h5-9,22-23H,2-4H2,1H3. The van der Waals surface area contributed by atoms with Gasteiger partial charge in [-0.1, -0.05) is 0 Å². The molecule has 6 nitrogen and oxygen atoms in total. The van der Waals surface area contributed by atoms with Crippen LogP contribution in [-0.4, -0.2) is 27.4 Å². The highest BCUT2D eigenvalue weighted by Gasteiger charge is 2.35. The third-order valence-electron chi connectivity index (χ3n) is 4.69. The van der Waals surface area contributed by atoms with Crippen LogP contribution in [0.3, 0.4) is 0 Å². The average molecular weight is 348 g/mol. The predicted molar refractivity (Wildman–Crippen MR) is 94.7 cm³/mol. The number of carbonyl (C=O) groups excluding carboxylic acids is 3. The molecule has 2 N–H and O–H groups in total. The topological polar surface area (TPSA) is 96.4 Å². The molecule has 0 spiro atoms. The van der Waals surface area contributed by atoms with E-state index in [0.29, 0.717) is 41.9 Å². The van der Waals surface area contributed by atoms with Crippen molar-refractivity contribution in [1.82, 2.24) is 4.98 Å². The van der Waals surface area contributed by atoms with Gasteiger partial charge in [-0.3, -0.25) is 19.4 Å². The molecule has 1 heterocycles. The minimum absolute atomic E-state index is 0.103. The third kappa shape index (κ3) is 2.50. The predicted octanol–water partition coefficient (Wildman–Crippen LogP) is 2.99. The van der Waals surface area contributed by atoms with Crippen molar-refractivity contribution in [1.29, 1.82) is 0 Å². The van der Waals surface area contributed by atoms with E-state index in [1.165, 1.54) is 18.2 Å². The number of carbonyl (C=O) groups is 3. The molecule has 0 unspecified atom stereocenters. The van der Waals surface area contributed by atoms with Gasteiger partial charge >= 0.3 is 0 Å². The minimum atomic E-state index is -0.363. The molecule has 0 fully saturated rings. The van der Waals surface area contributed by atoms with Gasteiger partial charge in [-0.2, -0.15) is 0 Å². The number of fused-ring (bicyclic) bond motifs is 3. The summed E-state index contributed by atoms with van der Waals surface area (Å²) in [6.45, 7) is 1.69. The number of ketones is 3. The van der Waals surface area contributed by atoms with Crippen LogP contribution in [0.2, 0.25) is 0 Å². The fourth-order valence-corrected chi connectivity index (χ4v) is 3.51.